The molecule has 0 atom stereocenters. The molecule has 1 aliphatic carbocycles. The Morgan fingerprint density at radius 1 is 1.35 bits per heavy atom. The number of nitrogens with one attached hydrogen (secondary N) is 1. The molecule has 110 valence electrons. The van der Waals surface area contributed by atoms with Gasteiger partial charge in [0.1, 0.15) is 0 Å². The summed E-state index contributed by atoms with van der Waals surface area (Å²) in [6.45, 7) is 8.78. The van der Waals surface area contributed by atoms with Crippen molar-refractivity contribution in [2.45, 2.75) is 65.1 Å². The second-order valence-electron chi connectivity index (χ2n) is 6.32. The van der Waals surface area contributed by atoms with Crippen molar-refractivity contribution in [3.05, 3.63) is 28.6 Å². The van der Waals surface area contributed by atoms with Crippen molar-refractivity contribution >= 4 is 0 Å². The summed E-state index contributed by atoms with van der Waals surface area (Å²) < 4.78 is 0. The fraction of sp³-hybridized carbons (Fsp3) is 0.706. The van der Waals surface area contributed by atoms with Crippen LogP contribution in [0.3, 0.4) is 0 Å². The lowest BCUT2D eigenvalue weighted by molar-refractivity contribution is 0.265. The average Bonchev–Trinajstić information content (AvgIpc) is 2.98. The molecule has 1 aliphatic heterocycles. The molecule has 0 bridgehead atoms. The molecule has 0 aromatic carbocycles. The highest BCUT2D eigenvalue weighted by Crippen LogP contribution is 2.22. The third kappa shape index (κ3) is 3.04. The first-order valence-corrected chi connectivity index (χ1v) is 8.20. The first-order chi connectivity index (χ1) is 9.76. The summed E-state index contributed by atoms with van der Waals surface area (Å²) >= 11 is 0. The Morgan fingerprint density at radius 3 is 2.90 bits per heavy atom. The summed E-state index contributed by atoms with van der Waals surface area (Å²) in [4.78, 5) is 7.37. The lowest BCUT2D eigenvalue weighted by Crippen LogP contribution is -2.31. The number of hydrogen-bond acceptors (Lipinski definition) is 3. The van der Waals surface area contributed by atoms with Gasteiger partial charge in [-0.15, -0.1) is 0 Å². The number of pyridine rings is 1. The minimum Gasteiger partial charge on any atom is -0.310 e. The Bertz CT molecular complexity index is 464. The quantitative estimate of drug-likeness (QED) is 0.914. The molecule has 2 heterocycles. The topological polar surface area (TPSA) is 28.2 Å². The highest BCUT2D eigenvalue weighted by molar-refractivity contribution is 5.31. The van der Waals surface area contributed by atoms with E-state index in [0.717, 1.165) is 38.6 Å². The van der Waals surface area contributed by atoms with Crippen LogP contribution >= 0.6 is 0 Å². The molecule has 20 heavy (non-hydrogen) atoms. The van der Waals surface area contributed by atoms with Crippen molar-refractivity contribution < 1.29 is 0 Å². The van der Waals surface area contributed by atoms with Crippen molar-refractivity contribution in [3.63, 3.8) is 0 Å². The number of aryl methyl sites for hydroxylation is 1. The van der Waals surface area contributed by atoms with E-state index in [-0.39, 0.29) is 0 Å². The third-order valence-electron chi connectivity index (χ3n) is 4.93. The maximum atomic E-state index is 4.86. The Kier molecular flexibility index (Phi) is 4.37. The molecule has 1 saturated carbocycles. The number of aromatic nitrogens is 1. The van der Waals surface area contributed by atoms with Crippen LogP contribution in [0.2, 0.25) is 0 Å². The van der Waals surface area contributed by atoms with Gasteiger partial charge in [-0.05, 0) is 43.5 Å². The second kappa shape index (κ2) is 6.23. The standard InChI is InChI=1S/C17H27N3/c1-3-20-9-8-17-15(12-20)10-14(13(2)19-17)11-18-16-6-4-5-7-16/h10,16,18H,3-9,11-12H2,1-2H3. The summed E-state index contributed by atoms with van der Waals surface area (Å²) in [5.41, 5.74) is 5.40. The molecule has 1 aromatic heterocycles. The molecular weight excluding hydrogens is 246 g/mol. The normalized spacial score (nSPS) is 20.3. The van der Waals surface area contributed by atoms with E-state index in [0.29, 0.717) is 0 Å². The molecule has 3 nitrogen and oxygen atoms in total. The zero-order chi connectivity index (χ0) is 13.9. The monoisotopic (exact) mass is 273 g/mol. The number of fused-ring (bicyclic) bond motifs is 1. The Labute approximate surface area is 122 Å². The van der Waals surface area contributed by atoms with E-state index in [4.69, 9.17) is 4.98 Å². The molecule has 0 amide bonds. The minimum absolute atomic E-state index is 0.734. The molecule has 0 spiro atoms. The lowest BCUT2D eigenvalue weighted by atomic mass is 10.0. The van der Waals surface area contributed by atoms with Crippen LogP contribution in [-0.2, 0) is 19.5 Å². The van der Waals surface area contributed by atoms with Gasteiger partial charge in [0, 0.05) is 43.5 Å². The number of likely N-dealkylation sites (N-methyl/N-ethyl adjacent to an activating group) is 1. The van der Waals surface area contributed by atoms with Gasteiger partial charge in [0.05, 0.1) is 0 Å². The molecule has 1 aromatic rings. The maximum Gasteiger partial charge on any atom is 0.0464 e. The van der Waals surface area contributed by atoms with E-state index >= 15 is 0 Å². The van der Waals surface area contributed by atoms with Crippen LogP contribution in [-0.4, -0.2) is 29.0 Å². The van der Waals surface area contributed by atoms with E-state index in [1.807, 2.05) is 0 Å². The minimum atomic E-state index is 0.734. The van der Waals surface area contributed by atoms with Gasteiger partial charge in [0.15, 0.2) is 0 Å². The van der Waals surface area contributed by atoms with Gasteiger partial charge >= 0.3 is 0 Å². The van der Waals surface area contributed by atoms with Gasteiger partial charge in [-0.2, -0.15) is 0 Å². The predicted octanol–water partition coefficient (Wildman–Crippen LogP) is 2.80. The first-order valence-electron chi connectivity index (χ1n) is 8.20. The van der Waals surface area contributed by atoms with Crippen molar-refractivity contribution in [3.8, 4) is 0 Å². The van der Waals surface area contributed by atoms with Crippen LogP contribution in [0, 0.1) is 6.92 Å². The van der Waals surface area contributed by atoms with Gasteiger partial charge in [-0.1, -0.05) is 19.8 Å². The number of hydrogen-bond donors (Lipinski definition) is 1. The molecule has 1 fully saturated rings. The number of nitrogens with zero attached hydrogens (tertiary/aromatic N) is 2. The van der Waals surface area contributed by atoms with Crippen LogP contribution in [0.1, 0.15) is 55.1 Å². The zero-order valence-corrected chi connectivity index (χ0v) is 12.9. The van der Waals surface area contributed by atoms with Gasteiger partial charge in [-0.25, -0.2) is 0 Å². The molecular formula is C17H27N3. The largest absolute Gasteiger partial charge is 0.310 e. The number of rotatable bonds is 4. The van der Waals surface area contributed by atoms with Crippen LogP contribution in [0.4, 0.5) is 0 Å². The molecule has 1 N–H and O–H groups in total. The highest BCUT2D eigenvalue weighted by atomic mass is 15.1. The van der Waals surface area contributed by atoms with Crippen LogP contribution < -0.4 is 5.32 Å². The first kappa shape index (κ1) is 14.0. The van der Waals surface area contributed by atoms with Crippen molar-refractivity contribution in [1.82, 2.24) is 15.2 Å². The Hall–Kier alpha value is -0.930. The fourth-order valence-corrected chi connectivity index (χ4v) is 3.51. The van der Waals surface area contributed by atoms with Crippen molar-refractivity contribution in [2.75, 3.05) is 13.1 Å². The van der Waals surface area contributed by atoms with Gasteiger partial charge in [0.25, 0.3) is 0 Å². The van der Waals surface area contributed by atoms with E-state index in [9.17, 15) is 0 Å². The zero-order valence-electron chi connectivity index (χ0n) is 12.9. The molecule has 3 heteroatoms. The van der Waals surface area contributed by atoms with Gasteiger partial charge < -0.3 is 5.32 Å². The van der Waals surface area contributed by atoms with Crippen molar-refractivity contribution in [1.29, 1.82) is 0 Å². The summed E-state index contributed by atoms with van der Waals surface area (Å²) in [5.74, 6) is 0. The molecule has 0 saturated heterocycles. The molecule has 0 unspecified atom stereocenters. The maximum absolute atomic E-state index is 4.86. The van der Waals surface area contributed by atoms with E-state index < -0.39 is 0 Å². The Balaban J connectivity index is 1.70. The van der Waals surface area contributed by atoms with Crippen LogP contribution in [0.5, 0.6) is 0 Å². The summed E-state index contributed by atoms with van der Waals surface area (Å²) in [6, 6.07) is 3.14. The summed E-state index contributed by atoms with van der Waals surface area (Å²) in [6.07, 6.45) is 6.59. The van der Waals surface area contributed by atoms with Crippen molar-refractivity contribution in [2.24, 2.45) is 0 Å². The molecule has 2 aliphatic rings. The fourth-order valence-electron chi connectivity index (χ4n) is 3.51. The van der Waals surface area contributed by atoms with Crippen LogP contribution in [0.25, 0.3) is 0 Å². The van der Waals surface area contributed by atoms with Gasteiger partial charge in [0.2, 0.25) is 0 Å². The van der Waals surface area contributed by atoms with E-state index in [1.54, 1.807) is 0 Å². The Morgan fingerprint density at radius 2 is 2.15 bits per heavy atom. The summed E-state index contributed by atoms with van der Waals surface area (Å²) in [5, 5.41) is 3.72. The molecule has 3 rings (SSSR count). The second-order valence-corrected chi connectivity index (χ2v) is 6.32. The van der Waals surface area contributed by atoms with Gasteiger partial charge in [-0.3, -0.25) is 9.88 Å². The SMILES string of the molecule is CCN1CCc2nc(C)c(CNC3CCCC3)cc2C1. The van der Waals surface area contributed by atoms with E-state index in [1.165, 1.54) is 48.2 Å². The smallest absolute Gasteiger partial charge is 0.0464 e. The highest BCUT2D eigenvalue weighted by Gasteiger charge is 2.19. The summed E-state index contributed by atoms with van der Waals surface area (Å²) in [7, 11) is 0. The van der Waals surface area contributed by atoms with E-state index in [2.05, 4.69) is 30.1 Å². The average molecular weight is 273 g/mol. The third-order valence-corrected chi connectivity index (χ3v) is 4.93. The lowest BCUT2D eigenvalue weighted by Gasteiger charge is -2.28. The molecule has 0 radical (unpaired) electrons. The predicted molar refractivity (Wildman–Crippen MR) is 82.7 cm³/mol. The van der Waals surface area contributed by atoms with Crippen LogP contribution in [0.15, 0.2) is 6.07 Å².